The number of methoxy groups -OCH3 is 2. The number of aromatic nitrogens is 8. The molecule has 0 aliphatic rings. The lowest BCUT2D eigenvalue weighted by atomic mass is 9.73. The van der Waals surface area contributed by atoms with Gasteiger partial charge < -0.3 is 28.4 Å². The van der Waals surface area contributed by atoms with Crippen LogP contribution in [0, 0.1) is 38.5 Å². The number of carbonyl (C=O) groups excluding carboxylic acids is 2. The third kappa shape index (κ3) is 14.1. The Balaban J connectivity index is 0.000000205. The van der Waals surface area contributed by atoms with Crippen molar-refractivity contribution < 1.29 is 38.0 Å². The van der Waals surface area contributed by atoms with Gasteiger partial charge in [0, 0.05) is 22.8 Å². The summed E-state index contributed by atoms with van der Waals surface area (Å²) in [5.41, 5.74) is 11.4. The van der Waals surface area contributed by atoms with Crippen molar-refractivity contribution in [2.75, 3.05) is 14.2 Å². The van der Waals surface area contributed by atoms with Gasteiger partial charge in [-0.15, -0.1) is 32.9 Å². The van der Waals surface area contributed by atoms with E-state index < -0.39 is 10.8 Å². The van der Waals surface area contributed by atoms with Crippen LogP contribution in [-0.4, -0.2) is 66.1 Å². The summed E-state index contributed by atoms with van der Waals surface area (Å²) < 4.78 is 38.2. The van der Waals surface area contributed by atoms with Crippen LogP contribution in [0.3, 0.4) is 0 Å². The summed E-state index contributed by atoms with van der Waals surface area (Å²) in [6, 6.07) is 43.4. The van der Waals surface area contributed by atoms with E-state index in [0.29, 0.717) is 26.4 Å². The Kier molecular flexibility index (Phi) is 20.2. The van der Waals surface area contributed by atoms with Crippen molar-refractivity contribution in [3.8, 4) is 11.5 Å². The Bertz CT molecular complexity index is 3640. The van der Waals surface area contributed by atoms with Gasteiger partial charge in [-0.1, -0.05) is 107 Å². The molecule has 18 heteroatoms. The molecule has 0 spiro atoms. The molecule has 0 aliphatic heterocycles. The molecule has 0 bridgehead atoms. The number of hydrogen-bond acceptors (Lipinski definition) is 16. The van der Waals surface area contributed by atoms with Crippen molar-refractivity contribution in [2.24, 2.45) is 10.8 Å². The van der Waals surface area contributed by atoms with Gasteiger partial charge in [0.25, 0.3) is 0 Å². The molecule has 0 amide bonds. The highest BCUT2D eigenvalue weighted by Gasteiger charge is 2.45. The second-order valence-corrected chi connectivity index (χ2v) is 24.8. The molecule has 0 fully saturated rings. The minimum atomic E-state index is -0.931. The SMILES string of the molecule is CCn1nnc2c(C)c([C@@H](c3nc(COCc4ccc(OC)cc4)c(C)s3)C(C)(C)C(=O)OCc3ccccc3)ccc21.CCn1nnc2c(C)c([C@H](c3nc(COCc4ccc(OC)cc4)c(C)s3)C(C)(C)C(=O)OCc3ccccc3)ccc21. The van der Waals surface area contributed by atoms with Gasteiger partial charge in [0.2, 0.25) is 0 Å². The standard InChI is InChI=1S/2C34H38N4O4S/c2*1-7-38-29-18-17-27(22(2)31(29)36-37-38)30(34(4,5)33(39)42-20-24-11-9-8-10-12-24)32-35-28(23(3)43-32)21-41-19-25-13-15-26(40-6)16-14-25/h2*8-18,30H,7,19-21H2,1-6H3/t2*30-/m10/s1. The first-order valence-corrected chi connectivity index (χ1v) is 30.5. The lowest BCUT2D eigenvalue weighted by molar-refractivity contribution is -0.157. The van der Waals surface area contributed by atoms with Crippen LogP contribution in [0.1, 0.15) is 129 Å². The minimum Gasteiger partial charge on any atom is -0.497 e. The quantitative estimate of drug-likeness (QED) is 0.0522. The first-order chi connectivity index (χ1) is 41.4. The predicted octanol–water partition coefficient (Wildman–Crippen LogP) is 14.3. The summed E-state index contributed by atoms with van der Waals surface area (Å²) in [5, 5.41) is 19.3. The van der Waals surface area contributed by atoms with Gasteiger partial charge >= 0.3 is 11.9 Å². The fraction of sp³-hybridized carbons (Fsp3) is 0.353. The third-order valence-electron chi connectivity index (χ3n) is 15.8. The Morgan fingerprint density at radius 3 is 1.19 bits per heavy atom. The number of fused-ring (bicyclic) bond motifs is 2. The van der Waals surface area contributed by atoms with Crippen LogP contribution in [0.5, 0.6) is 11.5 Å². The highest BCUT2D eigenvalue weighted by molar-refractivity contribution is 7.12. The third-order valence-corrected chi connectivity index (χ3v) is 17.9. The fourth-order valence-electron chi connectivity index (χ4n) is 10.6. The molecule has 16 nitrogen and oxygen atoms in total. The van der Waals surface area contributed by atoms with Crippen LogP contribution >= 0.6 is 22.7 Å². The van der Waals surface area contributed by atoms with Crippen LogP contribution in [0.25, 0.3) is 22.1 Å². The number of thiazole rings is 2. The average Bonchev–Trinajstić information content (AvgIpc) is 1.59. The highest BCUT2D eigenvalue weighted by atomic mass is 32.1. The molecule has 0 N–H and O–H groups in total. The maximum absolute atomic E-state index is 13.8. The summed E-state index contributed by atoms with van der Waals surface area (Å²) >= 11 is 3.19. The van der Waals surface area contributed by atoms with E-state index in [1.54, 1.807) is 36.9 Å². The second-order valence-electron chi connectivity index (χ2n) is 22.3. The number of esters is 2. The zero-order valence-corrected chi connectivity index (χ0v) is 52.8. The van der Waals surface area contributed by atoms with Crippen molar-refractivity contribution in [3.63, 3.8) is 0 Å². The van der Waals surface area contributed by atoms with E-state index in [1.807, 2.05) is 200 Å². The number of benzene rings is 6. The smallest absolute Gasteiger partial charge is 0.312 e. The number of aryl methyl sites for hydroxylation is 6. The Labute approximate surface area is 511 Å². The molecule has 6 aromatic carbocycles. The summed E-state index contributed by atoms with van der Waals surface area (Å²) in [5.74, 6) is 0.305. The van der Waals surface area contributed by atoms with Crippen LogP contribution < -0.4 is 9.47 Å². The van der Waals surface area contributed by atoms with Crippen LogP contribution in [0.15, 0.2) is 133 Å². The molecule has 2 atom stereocenters. The van der Waals surface area contributed by atoms with Crippen molar-refractivity contribution >= 4 is 56.7 Å². The summed E-state index contributed by atoms with van der Waals surface area (Å²) in [7, 11) is 3.31. The maximum Gasteiger partial charge on any atom is 0.312 e. The number of ether oxygens (including phenoxy) is 6. The molecule has 86 heavy (non-hydrogen) atoms. The number of rotatable bonds is 24. The van der Waals surface area contributed by atoms with Gasteiger partial charge in [0.05, 0.1) is 85.7 Å². The monoisotopic (exact) mass is 1200 g/mol. The van der Waals surface area contributed by atoms with Gasteiger partial charge in [-0.2, -0.15) is 0 Å². The van der Waals surface area contributed by atoms with Crippen molar-refractivity contribution in [2.45, 2.75) is 134 Å². The average molecular weight is 1200 g/mol. The number of hydrogen-bond donors (Lipinski definition) is 0. The first-order valence-electron chi connectivity index (χ1n) is 28.9. The van der Waals surface area contributed by atoms with E-state index in [-0.39, 0.29) is 37.0 Å². The van der Waals surface area contributed by atoms with E-state index in [2.05, 4.69) is 32.8 Å². The molecule has 0 radical (unpaired) electrons. The molecule has 4 aromatic heterocycles. The second kappa shape index (κ2) is 27.9. The van der Waals surface area contributed by atoms with Gasteiger partial charge in [0.15, 0.2) is 0 Å². The summed E-state index contributed by atoms with van der Waals surface area (Å²) in [6.45, 7) is 23.5. The molecule has 10 aromatic rings. The van der Waals surface area contributed by atoms with E-state index in [0.717, 1.165) is 122 Å². The van der Waals surface area contributed by atoms with Gasteiger partial charge in [-0.3, -0.25) is 9.59 Å². The molecule has 10 rings (SSSR count). The van der Waals surface area contributed by atoms with Crippen molar-refractivity contribution in [1.82, 2.24) is 40.0 Å². The van der Waals surface area contributed by atoms with Crippen molar-refractivity contribution in [1.29, 1.82) is 0 Å². The predicted molar refractivity (Wildman–Crippen MR) is 336 cm³/mol. The molecular formula is C68H76N8O8S2. The number of nitrogens with zero attached hydrogens (tertiary/aromatic N) is 8. The van der Waals surface area contributed by atoms with Gasteiger partial charge in [-0.25, -0.2) is 19.3 Å². The van der Waals surface area contributed by atoms with Gasteiger partial charge in [0.1, 0.15) is 45.8 Å². The van der Waals surface area contributed by atoms with Crippen LogP contribution in [0.4, 0.5) is 0 Å². The topological polar surface area (TPSA) is 177 Å². The molecular weight excluding hydrogens is 1120 g/mol. The molecule has 448 valence electrons. The fourth-order valence-corrected chi connectivity index (χ4v) is 13.0. The van der Waals surface area contributed by atoms with E-state index >= 15 is 0 Å². The van der Waals surface area contributed by atoms with Gasteiger partial charge in [-0.05, 0) is 150 Å². The Morgan fingerprint density at radius 1 is 0.477 bits per heavy atom. The molecule has 4 heterocycles. The first kappa shape index (κ1) is 62.4. The van der Waals surface area contributed by atoms with Crippen LogP contribution in [0.2, 0.25) is 0 Å². The zero-order valence-electron chi connectivity index (χ0n) is 51.2. The van der Waals surface area contributed by atoms with E-state index in [9.17, 15) is 9.59 Å². The Hall–Kier alpha value is -8.16. The Morgan fingerprint density at radius 2 is 0.837 bits per heavy atom. The maximum atomic E-state index is 13.8. The van der Waals surface area contributed by atoms with E-state index in [1.165, 1.54) is 0 Å². The normalized spacial score (nSPS) is 12.4. The largest absolute Gasteiger partial charge is 0.497 e. The molecule has 0 aliphatic carbocycles. The van der Waals surface area contributed by atoms with Crippen molar-refractivity contribution in [3.05, 3.63) is 209 Å². The summed E-state index contributed by atoms with van der Waals surface area (Å²) in [6.07, 6.45) is 0. The lowest BCUT2D eigenvalue weighted by Gasteiger charge is -2.32. The molecule has 0 saturated heterocycles. The minimum absolute atomic E-state index is 0.208. The van der Waals surface area contributed by atoms with Crippen LogP contribution in [-0.2, 0) is 81.3 Å². The summed E-state index contributed by atoms with van der Waals surface area (Å²) in [4.78, 5) is 39.9. The highest BCUT2D eigenvalue weighted by Crippen LogP contribution is 2.48. The van der Waals surface area contributed by atoms with E-state index in [4.69, 9.17) is 38.4 Å². The number of carbonyl (C=O) groups is 2. The molecule has 0 saturated carbocycles. The zero-order chi connectivity index (χ0) is 61.1. The molecule has 0 unspecified atom stereocenters. The lowest BCUT2D eigenvalue weighted by Crippen LogP contribution is -2.34.